The third-order valence-corrected chi connectivity index (χ3v) is 7.74. The van der Waals surface area contributed by atoms with E-state index in [0.29, 0.717) is 17.8 Å². The van der Waals surface area contributed by atoms with Crippen molar-refractivity contribution in [1.82, 2.24) is 9.55 Å². The van der Waals surface area contributed by atoms with E-state index in [1.165, 1.54) is 37.1 Å². The number of aromatic nitrogens is 2. The van der Waals surface area contributed by atoms with Crippen molar-refractivity contribution in [2.45, 2.75) is 65.3 Å². The Morgan fingerprint density at radius 2 is 1.38 bits per heavy atom. The highest BCUT2D eigenvalue weighted by Gasteiger charge is 2.21. The molecule has 0 aliphatic rings. The quantitative estimate of drug-likeness (QED) is 0.173. The molecule has 1 heterocycles. The van der Waals surface area contributed by atoms with E-state index < -0.39 is 0 Å². The minimum atomic E-state index is -0.358. The van der Waals surface area contributed by atoms with Gasteiger partial charge >= 0.3 is 0 Å². The molecule has 0 fully saturated rings. The summed E-state index contributed by atoms with van der Waals surface area (Å²) in [5.41, 5.74) is 5.68. The average Bonchev–Trinajstić information content (AvgIpc) is 3.39. The molecule has 2 nitrogen and oxygen atoms in total. The van der Waals surface area contributed by atoms with Crippen molar-refractivity contribution in [2.24, 2.45) is 0 Å². The Morgan fingerprint density at radius 1 is 0.786 bits per heavy atom. The molecule has 218 valence electrons. The average molecular weight is 569 g/mol. The fraction of sp³-hybridized carbons (Fsp3) is 0.270. The standard InChI is InChI=1S/C33H29F3N2.C4H10/c1-4-21(3)38-32-17-7-22(5-2)20-31(32)37-33(38)28-16-6-23(19-30(28)36)18-29(24-8-12-26(34)13-9-24)25-10-14-27(35)15-11-25;1-3-4-2/h5-17,19-21,29H,2,4,18H2,1,3H3;3-4H2,1-2H3. The number of unbranched alkanes of at least 4 members (excludes halogenated alkanes) is 1. The van der Waals surface area contributed by atoms with E-state index in [0.717, 1.165) is 39.7 Å². The van der Waals surface area contributed by atoms with Crippen LogP contribution in [0.2, 0.25) is 0 Å². The lowest BCUT2D eigenvalue weighted by Gasteiger charge is -2.19. The Kier molecular flexibility index (Phi) is 10.4. The Hall–Kier alpha value is -4.12. The van der Waals surface area contributed by atoms with Gasteiger partial charge in [-0.15, -0.1) is 0 Å². The first-order valence-corrected chi connectivity index (χ1v) is 14.7. The van der Waals surface area contributed by atoms with Gasteiger partial charge in [-0.3, -0.25) is 0 Å². The number of rotatable bonds is 9. The highest BCUT2D eigenvalue weighted by atomic mass is 19.1. The van der Waals surface area contributed by atoms with E-state index >= 15 is 4.39 Å². The molecule has 5 rings (SSSR count). The first kappa shape index (κ1) is 30.8. The van der Waals surface area contributed by atoms with Crippen LogP contribution in [0.4, 0.5) is 13.2 Å². The van der Waals surface area contributed by atoms with Crippen LogP contribution in [0.5, 0.6) is 0 Å². The summed E-state index contributed by atoms with van der Waals surface area (Å²) in [6, 6.07) is 23.9. The van der Waals surface area contributed by atoms with Crippen LogP contribution in [0, 0.1) is 17.5 Å². The minimum absolute atomic E-state index is 0.130. The number of benzene rings is 4. The van der Waals surface area contributed by atoms with Crippen molar-refractivity contribution >= 4 is 17.1 Å². The number of nitrogens with zero attached hydrogens (tertiary/aromatic N) is 2. The van der Waals surface area contributed by atoms with E-state index in [2.05, 4.69) is 38.8 Å². The lowest BCUT2D eigenvalue weighted by Crippen LogP contribution is -2.08. The SMILES string of the molecule is C=Cc1ccc2c(c1)nc(-c1ccc(CC(c3ccc(F)cc3)c3ccc(F)cc3)cc1F)n2C(C)CC.CCCC. The monoisotopic (exact) mass is 568 g/mol. The molecule has 0 aliphatic carbocycles. The molecular formula is C37H39F3N2. The van der Waals surface area contributed by atoms with E-state index in [-0.39, 0.29) is 29.4 Å². The molecule has 5 heteroatoms. The van der Waals surface area contributed by atoms with Gasteiger partial charge in [0.15, 0.2) is 0 Å². The summed E-state index contributed by atoms with van der Waals surface area (Å²) >= 11 is 0. The van der Waals surface area contributed by atoms with Gasteiger partial charge in [-0.25, -0.2) is 18.2 Å². The van der Waals surface area contributed by atoms with Crippen molar-refractivity contribution in [1.29, 1.82) is 0 Å². The van der Waals surface area contributed by atoms with Gasteiger partial charge in [-0.05, 0) is 90.6 Å². The zero-order chi connectivity index (χ0) is 30.2. The Labute approximate surface area is 247 Å². The largest absolute Gasteiger partial charge is 0.321 e. The smallest absolute Gasteiger partial charge is 0.144 e. The number of imidazole rings is 1. The van der Waals surface area contributed by atoms with Crippen molar-refractivity contribution in [3.63, 3.8) is 0 Å². The molecule has 5 aromatic rings. The Morgan fingerprint density at radius 3 is 1.88 bits per heavy atom. The van der Waals surface area contributed by atoms with E-state index in [9.17, 15) is 8.78 Å². The Bertz CT molecular complexity index is 1570. The second-order valence-electron chi connectivity index (χ2n) is 10.7. The maximum Gasteiger partial charge on any atom is 0.144 e. The second kappa shape index (κ2) is 14.2. The molecule has 0 spiro atoms. The third kappa shape index (κ3) is 7.02. The van der Waals surface area contributed by atoms with Crippen LogP contribution >= 0.6 is 0 Å². The molecule has 0 bridgehead atoms. The summed E-state index contributed by atoms with van der Waals surface area (Å²) in [6.45, 7) is 12.4. The van der Waals surface area contributed by atoms with Gasteiger partial charge in [0.05, 0.1) is 16.6 Å². The van der Waals surface area contributed by atoms with Gasteiger partial charge in [0, 0.05) is 12.0 Å². The first-order chi connectivity index (χ1) is 20.3. The molecule has 0 aliphatic heterocycles. The molecular weight excluding hydrogens is 529 g/mol. The van der Waals surface area contributed by atoms with Crippen LogP contribution in [-0.2, 0) is 6.42 Å². The van der Waals surface area contributed by atoms with Crippen LogP contribution in [-0.4, -0.2) is 9.55 Å². The van der Waals surface area contributed by atoms with Gasteiger partial charge in [0.25, 0.3) is 0 Å². The molecule has 0 amide bonds. The second-order valence-corrected chi connectivity index (χ2v) is 10.7. The maximum absolute atomic E-state index is 15.7. The van der Waals surface area contributed by atoms with Crippen LogP contribution in [0.25, 0.3) is 28.5 Å². The van der Waals surface area contributed by atoms with Crippen LogP contribution in [0.1, 0.15) is 81.2 Å². The summed E-state index contributed by atoms with van der Waals surface area (Å²) < 4.78 is 45.1. The van der Waals surface area contributed by atoms with Crippen molar-refractivity contribution in [2.75, 3.05) is 0 Å². The highest BCUT2D eigenvalue weighted by molar-refractivity contribution is 5.83. The van der Waals surface area contributed by atoms with E-state index in [1.54, 1.807) is 42.5 Å². The summed E-state index contributed by atoms with van der Waals surface area (Å²) in [5, 5.41) is 0. The molecule has 0 N–H and O–H groups in total. The Balaban J connectivity index is 0.000000952. The van der Waals surface area contributed by atoms with Gasteiger partial charge < -0.3 is 4.57 Å². The lowest BCUT2D eigenvalue weighted by atomic mass is 9.85. The zero-order valence-corrected chi connectivity index (χ0v) is 24.9. The van der Waals surface area contributed by atoms with E-state index in [1.807, 2.05) is 24.3 Å². The normalized spacial score (nSPS) is 11.8. The topological polar surface area (TPSA) is 17.8 Å². The molecule has 1 unspecified atom stereocenters. The van der Waals surface area contributed by atoms with Crippen molar-refractivity contribution < 1.29 is 13.2 Å². The number of hydrogen-bond acceptors (Lipinski definition) is 1. The number of hydrogen-bond donors (Lipinski definition) is 0. The fourth-order valence-corrected chi connectivity index (χ4v) is 4.98. The lowest BCUT2D eigenvalue weighted by molar-refractivity contribution is 0.546. The van der Waals surface area contributed by atoms with Gasteiger partial charge in [0.2, 0.25) is 0 Å². The molecule has 1 aromatic heterocycles. The fourth-order valence-electron chi connectivity index (χ4n) is 4.98. The van der Waals surface area contributed by atoms with Gasteiger partial charge in [-0.1, -0.05) is 82.7 Å². The highest BCUT2D eigenvalue weighted by Crippen LogP contribution is 2.34. The predicted octanol–water partition coefficient (Wildman–Crippen LogP) is 10.9. The number of halogens is 3. The van der Waals surface area contributed by atoms with Crippen LogP contribution < -0.4 is 0 Å². The van der Waals surface area contributed by atoms with Crippen LogP contribution in [0.3, 0.4) is 0 Å². The summed E-state index contributed by atoms with van der Waals surface area (Å²) in [5.74, 6) is -0.613. The summed E-state index contributed by atoms with van der Waals surface area (Å²) in [4.78, 5) is 4.83. The van der Waals surface area contributed by atoms with Crippen LogP contribution in [0.15, 0.2) is 91.5 Å². The minimum Gasteiger partial charge on any atom is -0.321 e. The summed E-state index contributed by atoms with van der Waals surface area (Å²) in [6.07, 6.45) is 5.76. The summed E-state index contributed by atoms with van der Waals surface area (Å²) in [7, 11) is 0. The molecule has 0 saturated heterocycles. The maximum atomic E-state index is 15.7. The predicted molar refractivity (Wildman–Crippen MR) is 169 cm³/mol. The molecule has 1 atom stereocenters. The van der Waals surface area contributed by atoms with Gasteiger partial charge in [-0.2, -0.15) is 0 Å². The molecule has 0 saturated carbocycles. The molecule has 4 aromatic carbocycles. The third-order valence-electron chi connectivity index (χ3n) is 7.74. The zero-order valence-electron chi connectivity index (χ0n) is 24.9. The first-order valence-electron chi connectivity index (χ1n) is 14.7. The molecule has 0 radical (unpaired) electrons. The van der Waals surface area contributed by atoms with Crippen molar-refractivity contribution in [3.8, 4) is 11.4 Å². The van der Waals surface area contributed by atoms with Crippen molar-refractivity contribution in [3.05, 3.63) is 131 Å². The van der Waals surface area contributed by atoms with E-state index in [4.69, 9.17) is 4.98 Å². The van der Waals surface area contributed by atoms with Gasteiger partial charge in [0.1, 0.15) is 23.3 Å². The number of fused-ring (bicyclic) bond motifs is 1. The molecule has 42 heavy (non-hydrogen) atoms.